The number of amides is 2. The highest BCUT2D eigenvalue weighted by atomic mass is 32.1. The summed E-state index contributed by atoms with van der Waals surface area (Å²) in [6, 6.07) is 5.57. The van der Waals surface area contributed by atoms with Crippen molar-refractivity contribution in [2.45, 2.75) is 0 Å². The fourth-order valence-electron chi connectivity index (χ4n) is 1.35. The van der Waals surface area contributed by atoms with Gasteiger partial charge in [0.15, 0.2) is 5.13 Å². The van der Waals surface area contributed by atoms with Crippen LogP contribution in [0.4, 0.5) is 9.52 Å². The second-order valence-corrected chi connectivity index (χ2v) is 4.44. The maximum atomic E-state index is 13.3. The minimum atomic E-state index is -0.632. The largest absolute Gasteiger partial charge is 0.343 e. The second-order valence-electron chi connectivity index (χ2n) is 3.55. The number of aromatic nitrogens is 1. The van der Waals surface area contributed by atoms with Gasteiger partial charge in [-0.25, -0.2) is 9.37 Å². The van der Waals surface area contributed by atoms with Crippen molar-refractivity contribution in [3.63, 3.8) is 0 Å². The number of nitrogens with zero attached hydrogens (tertiary/aromatic N) is 1. The lowest BCUT2D eigenvalue weighted by Gasteiger charge is -2.05. The van der Waals surface area contributed by atoms with Gasteiger partial charge in [0, 0.05) is 11.6 Å². The first kappa shape index (κ1) is 13.2. The first-order valence-corrected chi connectivity index (χ1v) is 6.27. The molecular formula is C12H10FN3O2S. The number of thiazole rings is 1. The molecule has 0 aliphatic carbocycles. The van der Waals surface area contributed by atoms with E-state index < -0.39 is 17.6 Å². The molecule has 0 saturated heterocycles. The van der Waals surface area contributed by atoms with Crippen LogP contribution in [-0.4, -0.2) is 23.3 Å². The SMILES string of the molecule is O=C(CNC(=O)c1ccccc1F)Nc1nccs1. The highest BCUT2D eigenvalue weighted by Crippen LogP contribution is 2.09. The third-order valence-corrected chi connectivity index (χ3v) is 2.90. The Kier molecular flexibility index (Phi) is 4.19. The first-order valence-electron chi connectivity index (χ1n) is 5.39. The van der Waals surface area contributed by atoms with E-state index in [1.54, 1.807) is 17.6 Å². The molecule has 2 rings (SSSR count). The van der Waals surface area contributed by atoms with Crippen molar-refractivity contribution in [2.24, 2.45) is 0 Å². The van der Waals surface area contributed by atoms with Crippen LogP contribution in [0.5, 0.6) is 0 Å². The quantitative estimate of drug-likeness (QED) is 0.894. The van der Waals surface area contributed by atoms with E-state index in [9.17, 15) is 14.0 Å². The van der Waals surface area contributed by atoms with E-state index in [2.05, 4.69) is 15.6 Å². The molecule has 19 heavy (non-hydrogen) atoms. The van der Waals surface area contributed by atoms with Crippen molar-refractivity contribution in [3.8, 4) is 0 Å². The highest BCUT2D eigenvalue weighted by Gasteiger charge is 2.12. The van der Waals surface area contributed by atoms with E-state index in [4.69, 9.17) is 0 Å². The van der Waals surface area contributed by atoms with Crippen LogP contribution in [0.3, 0.4) is 0 Å². The number of carbonyl (C=O) groups is 2. The van der Waals surface area contributed by atoms with Crippen LogP contribution in [0.2, 0.25) is 0 Å². The minimum Gasteiger partial charge on any atom is -0.343 e. The number of hydrogen-bond acceptors (Lipinski definition) is 4. The zero-order valence-corrected chi connectivity index (χ0v) is 10.5. The third kappa shape index (κ3) is 3.59. The molecule has 0 saturated carbocycles. The van der Waals surface area contributed by atoms with Gasteiger partial charge in [-0.3, -0.25) is 9.59 Å². The lowest BCUT2D eigenvalue weighted by Crippen LogP contribution is -2.33. The van der Waals surface area contributed by atoms with Crippen LogP contribution in [-0.2, 0) is 4.79 Å². The molecule has 0 radical (unpaired) electrons. The van der Waals surface area contributed by atoms with Crippen molar-refractivity contribution in [2.75, 3.05) is 11.9 Å². The lowest BCUT2D eigenvalue weighted by molar-refractivity contribution is -0.115. The predicted octanol–water partition coefficient (Wildman–Crippen LogP) is 1.65. The summed E-state index contributed by atoms with van der Waals surface area (Å²) >= 11 is 1.27. The van der Waals surface area contributed by atoms with Crippen LogP contribution in [0.25, 0.3) is 0 Å². The molecule has 0 aliphatic rings. The molecule has 1 aromatic heterocycles. The minimum absolute atomic E-state index is 0.0930. The average Bonchev–Trinajstić information content (AvgIpc) is 2.89. The number of anilines is 1. The Morgan fingerprint density at radius 3 is 2.79 bits per heavy atom. The van der Waals surface area contributed by atoms with E-state index in [0.717, 1.165) is 0 Å². The Morgan fingerprint density at radius 2 is 2.11 bits per heavy atom. The normalized spacial score (nSPS) is 9.95. The average molecular weight is 279 g/mol. The summed E-state index contributed by atoms with van der Waals surface area (Å²) in [7, 11) is 0. The van der Waals surface area contributed by atoms with Crippen molar-refractivity contribution in [1.82, 2.24) is 10.3 Å². The summed E-state index contributed by atoms with van der Waals surface area (Å²) in [6.45, 7) is -0.243. The zero-order chi connectivity index (χ0) is 13.7. The summed E-state index contributed by atoms with van der Waals surface area (Å²) in [5.74, 6) is -1.67. The van der Waals surface area contributed by atoms with Crippen LogP contribution in [0.15, 0.2) is 35.8 Å². The summed E-state index contributed by atoms with van der Waals surface area (Å²) in [4.78, 5) is 27.0. The van der Waals surface area contributed by atoms with Gasteiger partial charge in [-0.15, -0.1) is 11.3 Å². The molecule has 0 unspecified atom stereocenters. The molecule has 2 aromatic rings. The molecule has 7 heteroatoms. The zero-order valence-electron chi connectivity index (χ0n) is 9.72. The number of benzene rings is 1. The second kappa shape index (κ2) is 6.05. The molecule has 1 heterocycles. The van der Waals surface area contributed by atoms with E-state index in [-0.39, 0.29) is 12.1 Å². The van der Waals surface area contributed by atoms with Gasteiger partial charge >= 0.3 is 0 Å². The van der Waals surface area contributed by atoms with E-state index in [0.29, 0.717) is 5.13 Å². The van der Waals surface area contributed by atoms with E-state index in [1.807, 2.05) is 0 Å². The topological polar surface area (TPSA) is 71.1 Å². The molecular weight excluding hydrogens is 269 g/mol. The fourth-order valence-corrected chi connectivity index (χ4v) is 1.89. The number of rotatable bonds is 4. The molecule has 1 aromatic carbocycles. The maximum Gasteiger partial charge on any atom is 0.254 e. The highest BCUT2D eigenvalue weighted by molar-refractivity contribution is 7.13. The van der Waals surface area contributed by atoms with Gasteiger partial charge in [0.1, 0.15) is 5.82 Å². The van der Waals surface area contributed by atoms with Gasteiger partial charge in [-0.2, -0.15) is 0 Å². The Balaban J connectivity index is 1.87. The Hall–Kier alpha value is -2.28. The molecule has 98 valence electrons. The fraction of sp³-hybridized carbons (Fsp3) is 0.0833. The van der Waals surface area contributed by atoms with Crippen LogP contribution < -0.4 is 10.6 Å². The van der Waals surface area contributed by atoms with Gasteiger partial charge < -0.3 is 10.6 Å². The number of halogens is 1. The van der Waals surface area contributed by atoms with Gasteiger partial charge in [-0.1, -0.05) is 12.1 Å². The van der Waals surface area contributed by atoms with Crippen LogP contribution in [0.1, 0.15) is 10.4 Å². The summed E-state index contributed by atoms with van der Waals surface area (Å²) in [6.07, 6.45) is 1.55. The number of nitrogens with one attached hydrogen (secondary N) is 2. The molecule has 0 aliphatic heterocycles. The Labute approximate surface area is 112 Å². The van der Waals surface area contributed by atoms with Gasteiger partial charge in [-0.05, 0) is 12.1 Å². The smallest absolute Gasteiger partial charge is 0.254 e. The van der Waals surface area contributed by atoms with Crippen LogP contribution >= 0.6 is 11.3 Å². The standard InChI is InChI=1S/C12H10FN3O2S/c13-9-4-2-1-3-8(9)11(18)15-7-10(17)16-12-14-5-6-19-12/h1-6H,7H2,(H,15,18)(H,14,16,17). The van der Waals surface area contributed by atoms with E-state index >= 15 is 0 Å². The Bertz CT molecular complexity index is 586. The molecule has 0 spiro atoms. The lowest BCUT2D eigenvalue weighted by atomic mass is 10.2. The third-order valence-electron chi connectivity index (χ3n) is 2.21. The van der Waals surface area contributed by atoms with Gasteiger partial charge in [0.2, 0.25) is 5.91 Å². The number of carbonyl (C=O) groups excluding carboxylic acids is 2. The predicted molar refractivity (Wildman–Crippen MR) is 69.5 cm³/mol. The van der Waals surface area contributed by atoms with Crippen molar-refractivity contribution < 1.29 is 14.0 Å². The molecule has 5 nitrogen and oxygen atoms in total. The summed E-state index contributed by atoms with van der Waals surface area (Å²) < 4.78 is 13.3. The van der Waals surface area contributed by atoms with Gasteiger partial charge in [0.05, 0.1) is 12.1 Å². The Morgan fingerprint density at radius 1 is 1.32 bits per heavy atom. The van der Waals surface area contributed by atoms with Crippen molar-refractivity contribution >= 4 is 28.3 Å². The molecule has 2 N–H and O–H groups in total. The summed E-state index contributed by atoms with van der Waals surface area (Å²) in [5, 5.41) is 7.01. The van der Waals surface area contributed by atoms with E-state index in [1.165, 1.54) is 29.5 Å². The molecule has 0 fully saturated rings. The van der Waals surface area contributed by atoms with Gasteiger partial charge in [0.25, 0.3) is 5.91 Å². The van der Waals surface area contributed by atoms with Crippen LogP contribution in [0, 0.1) is 5.82 Å². The molecule has 2 amide bonds. The molecule has 0 atom stereocenters. The number of hydrogen-bond donors (Lipinski definition) is 2. The van der Waals surface area contributed by atoms with Crippen molar-refractivity contribution in [3.05, 3.63) is 47.2 Å². The molecule has 0 bridgehead atoms. The van der Waals surface area contributed by atoms with Crippen molar-refractivity contribution in [1.29, 1.82) is 0 Å². The maximum absolute atomic E-state index is 13.3. The summed E-state index contributed by atoms with van der Waals surface area (Å²) in [5.41, 5.74) is -0.0930. The first-order chi connectivity index (χ1) is 9.16. The monoisotopic (exact) mass is 279 g/mol.